The van der Waals surface area contributed by atoms with E-state index in [0.29, 0.717) is 0 Å². The second-order valence-corrected chi connectivity index (χ2v) is 9.45. The minimum absolute atomic E-state index is 0.915. The third-order valence-electron chi connectivity index (χ3n) is 7.13. The van der Waals surface area contributed by atoms with E-state index in [-0.39, 0.29) is 0 Å². The van der Waals surface area contributed by atoms with Crippen LogP contribution in [0.5, 0.6) is 0 Å². The normalized spacial score (nSPS) is 11.2. The average molecular weight is 485 g/mol. The summed E-state index contributed by atoms with van der Waals surface area (Å²) in [6.45, 7) is 0. The maximum absolute atomic E-state index is 5.05. The molecule has 0 aliphatic carbocycles. The predicted molar refractivity (Wildman–Crippen MR) is 159 cm³/mol. The number of nitrogens with zero attached hydrogens (tertiary/aromatic N) is 2. The molecule has 0 spiro atoms. The van der Waals surface area contributed by atoms with Gasteiger partial charge in [-0.25, -0.2) is 0 Å². The number of benzene rings is 5. The lowest BCUT2D eigenvalue weighted by Gasteiger charge is -2.19. The minimum Gasteiger partial charge on any atom is -0.253 e. The predicted octanol–water partition coefficient (Wildman–Crippen LogP) is 9.45. The highest BCUT2D eigenvalue weighted by atomic mass is 14.7. The lowest BCUT2D eigenvalue weighted by atomic mass is 9.86. The summed E-state index contributed by atoms with van der Waals surface area (Å²) in [5.41, 5.74) is 11.0. The minimum atomic E-state index is 0.915. The molecule has 0 aliphatic rings. The van der Waals surface area contributed by atoms with Crippen molar-refractivity contribution in [1.82, 2.24) is 9.97 Å². The SMILES string of the molecule is c1ccc(-c2cnc3c(c2)c(-c2ccccc2)c(-c2ccccc2)c2cc(-c4ccccc4)cnc23)cc1. The molecule has 0 atom stereocenters. The lowest BCUT2D eigenvalue weighted by molar-refractivity contribution is 1.37. The van der Waals surface area contributed by atoms with Crippen molar-refractivity contribution in [3.05, 3.63) is 146 Å². The molecule has 2 heteroatoms. The molecule has 0 radical (unpaired) electrons. The third kappa shape index (κ3) is 3.84. The van der Waals surface area contributed by atoms with Crippen LogP contribution in [-0.4, -0.2) is 9.97 Å². The first-order valence-electron chi connectivity index (χ1n) is 12.8. The van der Waals surface area contributed by atoms with E-state index in [4.69, 9.17) is 9.97 Å². The molecule has 2 aromatic heterocycles. The number of aromatic nitrogens is 2. The first-order valence-corrected chi connectivity index (χ1v) is 12.8. The number of hydrogen-bond donors (Lipinski definition) is 0. The van der Waals surface area contributed by atoms with Gasteiger partial charge in [-0.05, 0) is 45.5 Å². The van der Waals surface area contributed by atoms with Gasteiger partial charge < -0.3 is 0 Å². The summed E-state index contributed by atoms with van der Waals surface area (Å²) in [5, 5.41) is 2.20. The van der Waals surface area contributed by atoms with Crippen LogP contribution in [0.15, 0.2) is 146 Å². The van der Waals surface area contributed by atoms with Crippen molar-refractivity contribution in [2.24, 2.45) is 0 Å². The molecule has 0 fully saturated rings. The van der Waals surface area contributed by atoms with Crippen LogP contribution in [0.1, 0.15) is 0 Å². The second-order valence-electron chi connectivity index (χ2n) is 9.45. The zero-order valence-corrected chi connectivity index (χ0v) is 20.8. The largest absolute Gasteiger partial charge is 0.253 e. The molecule has 0 unspecified atom stereocenters. The van der Waals surface area contributed by atoms with Crippen LogP contribution in [0.25, 0.3) is 66.3 Å². The molecule has 2 heterocycles. The van der Waals surface area contributed by atoms with Crippen LogP contribution in [0.4, 0.5) is 0 Å². The highest BCUT2D eigenvalue weighted by molar-refractivity contribution is 6.20. The maximum Gasteiger partial charge on any atom is 0.0971 e. The van der Waals surface area contributed by atoms with Gasteiger partial charge in [0.15, 0.2) is 0 Å². The highest BCUT2D eigenvalue weighted by Gasteiger charge is 2.20. The molecule has 0 saturated carbocycles. The zero-order valence-electron chi connectivity index (χ0n) is 20.8. The molecule has 5 aromatic carbocycles. The van der Waals surface area contributed by atoms with E-state index < -0.39 is 0 Å². The molecule has 7 aromatic rings. The molecule has 0 bridgehead atoms. The molecule has 0 N–H and O–H groups in total. The van der Waals surface area contributed by atoms with Crippen LogP contribution in [0.2, 0.25) is 0 Å². The van der Waals surface area contributed by atoms with Gasteiger partial charge in [0.1, 0.15) is 0 Å². The Morgan fingerprint density at radius 1 is 0.316 bits per heavy atom. The topological polar surface area (TPSA) is 25.8 Å². The van der Waals surface area contributed by atoms with E-state index in [1.54, 1.807) is 0 Å². The maximum atomic E-state index is 5.05. The fourth-order valence-corrected chi connectivity index (χ4v) is 5.34. The molecule has 2 nitrogen and oxygen atoms in total. The average Bonchev–Trinajstić information content (AvgIpc) is 3.01. The third-order valence-corrected chi connectivity index (χ3v) is 7.13. The number of pyridine rings is 2. The Kier molecular flexibility index (Phi) is 5.49. The highest BCUT2D eigenvalue weighted by Crippen LogP contribution is 2.45. The van der Waals surface area contributed by atoms with Crippen molar-refractivity contribution in [3.8, 4) is 44.5 Å². The summed E-state index contributed by atoms with van der Waals surface area (Å²) in [6, 6.07) is 46.8. The Hall–Kier alpha value is -5.08. The summed E-state index contributed by atoms with van der Waals surface area (Å²) in [6.07, 6.45) is 3.95. The zero-order chi connectivity index (χ0) is 25.3. The molecule has 38 heavy (non-hydrogen) atoms. The van der Waals surface area contributed by atoms with Crippen LogP contribution in [-0.2, 0) is 0 Å². The van der Waals surface area contributed by atoms with Crippen molar-refractivity contribution in [2.45, 2.75) is 0 Å². The Balaban J connectivity index is 1.65. The molecular weight excluding hydrogens is 460 g/mol. The Morgan fingerprint density at radius 3 is 0.974 bits per heavy atom. The van der Waals surface area contributed by atoms with Crippen molar-refractivity contribution in [1.29, 1.82) is 0 Å². The first kappa shape index (κ1) is 22.1. The second kappa shape index (κ2) is 9.42. The van der Waals surface area contributed by atoms with Gasteiger partial charge in [0.2, 0.25) is 0 Å². The summed E-state index contributed by atoms with van der Waals surface area (Å²) in [5.74, 6) is 0. The Morgan fingerprint density at radius 2 is 0.632 bits per heavy atom. The van der Waals surface area contributed by atoms with Gasteiger partial charge in [-0.15, -0.1) is 0 Å². The van der Waals surface area contributed by atoms with Crippen LogP contribution in [0, 0.1) is 0 Å². The number of fused-ring (bicyclic) bond motifs is 3. The standard InChI is InChI=1S/C36H24N2/c1-5-13-25(14-6-1)29-21-31-33(27-17-9-3-10-18-27)34(28-19-11-4-12-20-28)32-22-30(26-15-7-2-8-16-26)24-38-36(32)35(31)37-23-29/h1-24H. The van der Waals surface area contributed by atoms with Crippen molar-refractivity contribution >= 4 is 21.8 Å². The van der Waals surface area contributed by atoms with E-state index in [2.05, 4.69) is 121 Å². The Labute approximate surface area is 221 Å². The monoisotopic (exact) mass is 484 g/mol. The van der Waals surface area contributed by atoms with Crippen LogP contribution >= 0.6 is 0 Å². The molecule has 0 amide bonds. The van der Waals surface area contributed by atoms with Crippen molar-refractivity contribution < 1.29 is 0 Å². The van der Waals surface area contributed by atoms with E-state index >= 15 is 0 Å². The van der Waals surface area contributed by atoms with Gasteiger partial charge in [-0.3, -0.25) is 9.97 Å². The van der Waals surface area contributed by atoms with E-state index in [1.807, 2.05) is 24.5 Å². The van der Waals surface area contributed by atoms with Crippen molar-refractivity contribution in [3.63, 3.8) is 0 Å². The van der Waals surface area contributed by atoms with Crippen molar-refractivity contribution in [2.75, 3.05) is 0 Å². The Bertz CT molecular complexity index is 1740. The van der Waals surface area contributed by atoms with E-state index in [9.17, 15) is 0 Å². The quantitative estimate of drug-likeness (QED) is 0.233. The summed E-state index contributed by atoms with van der Waals surface area (Å²) in [7, 11) is 0. The first-order chi connectivity index (χ1) is 18.9. The smallest absolute Gasteiger partial charge is 0.0971 e. The van der Waals surface area contributed by atoms with E-state index in [0.717, 1.165) is 55.2 Å². The number of hydrogen-bond acceptors (Lipinski definition) is 2. The van der Waals surface area contributed by atoms with Gasteiger partial charge in [0.25, 0.3) is 0 Å². The lowest BCUT2D eigenvalue weighted by Crippen LogP contribution is -1.96. The van der Waals surface area contributed by atoms with Gasteiger partial charge in [-0.2, -0.15) is 0 Å². The van der Waals surface area contributed by atoms with Crippen LogP contribution in [0.3, 0.4) is 0 Å². The van der Waals surface area contributed by atoms with Gasteiger partial charge in [0, 0.05) is 34.3 Å². The molecule has 0 saturated heterocycles. The molecule has 178 valence electrons. The molecule has 7 rings (SSSR count). The summed E-state index contributed by atoms with van der Waals surface area (Å²) < 4.78 is 0. The fraction of sp³-hybridized carbons (Fsp3) is 0. The van der Waals surface area contributed by atoms with Gasteiger partial charge in [-0.1, -0.05) is 121 Å². The fourth-order valence-electron chi connectivity index (χ4n) is 5.34. The number of rotatable bonds is 4. The van der Waals surface area contributed by atoms with E-state index in [1.165, 1.54) is 11.1 Å². The molecule has 0 aliphatic heterocycles. The van der Waals surface area contributed by atoms with Gasteiger partial charge in [0.05, 0.1) is 11.0 Å². The van der Waals surface area contributed by atoms with Gasteiger partial charge >= 0.3 is 0 Å². The van der Waals surface area contributed by atoms with Crippen LogP contribution < -0.4 is 0 Å². The molecular formula is C36H24N2. The summed E-state index contributed by atoms with van der Waals surface area (Å²) in [4.78, 5) is 10.1. The summed E-state index contributed by atoms with van der Waals surface area (Å²) >= 11 is 0.